The lowest BCUT2D eigenvalue weighted by atomic mass is 9.97. The number of carbonyl (C=O) groups excluding carboxylic acids is 1. The van der Waals surface area contributed by atoms with Gasteiger partial charge in [0.15, 0.2) is 5.60 Å². The second-order valence-electron chi connectivity index (χ2n) is 8.93. The molecule has 0 aliphatic carbocycles. The van der Waals surface area contributed by atoms with Crippen LogP contribution in [0.15, 0.2) is 0 Å². The van der Waals surface area contributed by atoms with Gasteiger partial charge in [0.05, 0.1) is 12.2 Å². The summed E-state index contributed by atoms with van der Waals surface area (Å²) in [5.74, 6) is 0.538. The molecular weight excluding hydrogens is 352 g/mol. The predicted octanol–water partition coefficient (Wildman–Crippen LogP) is 6.70. The fourth-order valence-corrected chi connectivity index (χ4v) is 3.12. The van der Waals surface area contributed by atoms with Gasteiger partial charge in [-0.1, -0.05) is 72.1 Å². The van der Waals surface area contributed by atoms with E-state index in [-0.39, 0.29) is 24.8 Å². The Morgan fingerprint density at radius 3 is 2.07 bits per heavy atom. The molecule has 3 unspecified atom stereocenters. The number of rotatable bonds is 18. The van der Waals surface area contributed by atoms with Gasteiger partial charge in [0, 0.05) is 6.61 Å². The quantitative estimate of drug-likeness (QED) is 0.190. The smallest absolute Gasteiger partial charge is 0.337 e. The molecule has 0 aromatic heterocycles. The maximum absolute atomic E-state index is 12.3. The highest BCUT2D eigenvalue weighted by molar-refractivity contribution is 5.78. The van der Waals surface area contributed by atoms with Crippen molar-refractivity contribution in [2.24, 2.45) is 5.92 Å². The maximum Gasteiger partial charge on any atom is 0.337 e. The van der Waals surface area contributed by atoms with Crippen molar-refractivity contribution in [3.63, 3.8) is 0 Å². The van der Waals surface area contributed by atoms with E-state index in [0.717, 1.165) is 25.2 Å². The van der Waals surface area contributed by atoms with E-state index in [4.69, 9.17) is 14.2 Å². The Bertz CT molecular complexity index is 381. The highest BCUT2D eigenvalue weighted by Gasteiger charge is 2.30. The zero-order valence-corrected chi connectivity index (χ0v) is 19.9. The van der Waals surface area contributed by atoms with Crippen molar-refractivity contribution in [1.82, 2.24) is 0 Å². The van der Waals surface area contributed by atoms with E-state index in [1.165, 1.54) is 44.9 Å². The molecule has 3 atom stereocenters. The number of ether oxygens (including phenoxy) is 3. The number of hydrogen-bond acceptors (Lipinski definition) is 4. The van der Waals surface area contributed by atoms with Crippen LogP contribution in [0.4, 0.5) is 0 Å². The Morgan fingerprint density at radius 2 is 1.46 bits per heavy atom. The molecule has 0 amide bonds. The Morgan fingerprint density at radius 1 is 0.857 bits per heavy atom. The lowest BCUT2D eigenvalue weighted by molar-refractivity contribution is -0.172. The number of carbonyl (C=O) groups is 1. The molecule has 0 saturated carbocycles. The van der Waals surface area contributed by atoms with Gasteiger partial charge in [0.25, 0.3) is 0 Å². The zero-order valence-electron chi connectivity index (χ0n) is 19.9. The lowest BCUT2D eigenvalue weighted by Crippen LogP contribution is -2.38. The summed E-state index contributed by atoms with van der Waals surface area (Å²) in [5, 5.41) is 0. The fraction of sp³-hybridized carbons (Fsp3) is 0.958. The molecule has 0 radical (unpaired) electrons. The van der Waals surface area contributed by atoms with Gasteiger partial charge in [-0.2, -0.15) is 0 Å². The Hall–Kier alpha value is -0.610. The van der Waals surface area contributed by atoms with Gasteiger partial charge in [-0.25, -0.2) is 4.79 Å². The molecule has 0 spiro atoms. The number of hydrogen-bond donors (Lipinski definition) is 0. The van der Waals surface area contributed by atoms with Crippen LogP contribution >= 0.6 is 0 Å². The minimum atomic E-state index is -0.899. The van der Waals surface area contributed by atoms with Gasteiger partial charge < -0.3 is 14.2 Å². The zero-order chi connectivity index (χ0) is 21.4. The Balaban J connectivity index is 3.79. The SMILES string of the molecule is CCCCCC(C)CCCCCCOC(C)(C)C(=O)OCC(C)OC(C)CC. The topological polar surface area (TPSA) is 44.8 Å². The highest BCUT2D eigenvalue weighted by Crippen LogP contribution is 2.18. The summed E-state index contributed by atoms with van der Waals surface area (Å²) in [4.78, 5) is 12.3. The van der Waals surface area contributed by atoms with Crippen molar-refractivity contribution in [2.75, 3.05) is 13.2 Å². The molecule has 0 aromatic rings. The van der Waals surface area contributed by atoms with Crippen LogP contribution in [0, 0.1) is 5.92 Å². The molecule has 0 rings (SSSR count). The third-order valence-electron chi connectivity index (χ3n) is 5.33. The summed E-state index contributed by atoms with van der Waals surface area (Å²) < 4.78 is 16.9. The minimum Gasteiger partial charge on any atom is -0.461 e. The summed E-state index contributed by atoms with van der Waals surface area (Å²) >= 11 is 0. The minimum absolute atomic E-state index is 0.0981. The molecule has 0 aliphatic rings. The predicted molar refractivity (Wildman–Crippen MR) is 118 cm³/mol. The van der Waals surface area contributed by atoms with Gasteiger partial charge in [-0.3, -0.25) is 0 Å². The largest absolute Gasteiger partial charge is 0.461 e. The second-order valence-corrected chi connectivity index (χ2v) is 8.93. The molecule has 4 nitrogen and oxygen atoms in total. The van der Waals surface area contributed by atoms with E-state index in [1.54, 1.807) is 13.8 Å². The molecule has 28 heavy (non-hydrogen) atoms. The van der Waals surface area contributed by atoms with E-state index >= 15 is 0 Å². The van der Waals surface area contributed by atoms with Crippen molar-refractivity contribution < 1.29 is 19.0 Å². The summed E-state index contributed by atoms with van der Waals surface area (Å²) in [6.45, 7) is 15.1. The lowest BCUT2D eigenvalue weighted by Gasteiger charge is -2.25. The van der Waals surface area contributed by atoms with Crippen LogP contribution in [0.5, 0.6) is 0 Å². The van der Waals surface area contributed by atoms with Crippen LogP contribution < -0.4 is 0 Å². The van der Waals surface area contributed by atoms with Crippen LogP contribution in [0.3, 0.4) is 0 Å². The van der Waals surface area contributed by atoms with E-state index in [2.05, 4.69) is 20.8 Å². The van der Waals surface area contributed by atoms with E-state index in [1.807, 2.05) is 13.8 Å². The molecule has 0 fully saturated rings. The van der Waals surface area contributed by atoms with E-state index in [0.29, 0.717) is 6.61 Å². The van der Waals surface area contributed by atoms with E-state index < -0.39 is 5.60 Å². The van der Waals surface area contributed by atoms with Gasteiger partial charge in [-0.05, 0) is 46.5 Å². The molecule has 0 saturated heterocycles. The highest BCUT2D eigenvalue weighted by atomic mass is 16.6. The number of unbranched alkanes of at least 4 members (excludes halogenated alkanes) is 5. The monoisotopic (exact) mass is 400 g/mol. The van der Waals surface area contributed by atoms with Crippen LogP contribution in [0.2, 0.25) is 0 Å². The van der Waals surface area contributed by atoms with Crippen molar-refractivity contribution in [3.8, 4) is 0 Å². The van der Waals surface area contributed by atoms with Gasteiger partial charge in [-0.15, -0.1) is 0 Å². The van der Waals surface area contributed by atoms with Crippen LogP contribution in [0.25, 0.3) is 0 Å². The normalized spacial score (nSPS) is 15.2. The molecule has 0 aromatic carbocycles. The third-order valence-corrected chi connectivity index (χ3v) is 5.33. The average Bonchev–Trinajstić information content (AvgIpc) is 2.65. The number of esters is 1. The van der Waals surface area contributed by atoms with Crippen LogP contribution in [-0.2, 0) is 19.0 Å². The summed E-state index contributed by atoms with van der Waals surface area (Å²) in [6.07, 6.45) is 12.5. The first-order chi connectivity index (χ1) is 13.2. The Kier molecular flexibility index (Phi) is 15.9. The fourth-order valence-electron chi connectivity index (χ4n) is 3.12. The van der Waals surface area contributed by atoms with Gasteiger partial charge >= 0.3 is 5.97 Å². The standard InChI is InChI=1S/C24H48O4/c1-8-10-13-16-20(3)17-14-11-12-15-18-27-24(6,7)23(25)26-19-22(5)28-21(4)9-2/h20-22H,8-19H2,1-7H3. The molecule has 0 aliphatic heterocycles. The molecular formula is C24H48O4. The first-order valence-corrected chi connectivity index (χ1v) is 11.7. The van der Waals surface area contributed by atoms with E-state index in [9.17, 15) is 4.79 Å². The molecule has 0 heterocycles. The Labute approximate surface area is 175 Å². The van der Waals surface area contributed by atoms with Crippen molar-refractivity contribution >= 4 is 5.97 Å². The molecule has 0 bridgehead atoms. The van der Waals surface area contributed by atoms with Crippen LogP contribution in [-0.4, -0.2) is 37.0 Å². The molecule has 4 heteroatoms. The maximum atomic E-state index is 12.3. The summed E-state index contributed by atoms with van der Waals surface area (Å²) in [6, 6.07) is 0. The first kappa shape index (κ1) is 27.4. The van der Waals surface area contributed by atoms with Gasteiger partial charge in [0.1, 0.15) is 6.61 Å². The molecule has 0 N–H and O–H groups in total. The van der Waals surface area contributed by atoms with Crippen molar-refractivity contribution in [3.05, 3.63) is 0 Å². The third kappa shape index (κ3) is 14.4. The summed E-state index contributed by atoms with van der Waals surface area (Å²) in [5.41, 5.74) is -0.899. The van der Waals surface area contributed by atoms with Gasteiger partial charge in [0.2, 0.25) is 0 Å². The molecule has 168 valence electrons. The summed E-state index contributed by atoms with van der Waals surface area (Å²) in [7, 11) is 0. The second kappa shape index (κ2) is 16.2. The van der Waals surface area contributed by atoms with Crippen LogP contribution in [0.1, 0.15) is 113 Å². The van der Waals surface area contributed by atoms with Crippen molar-refractivity contribution in [2.45, 2.75) is 130 Å². The first-order valence-electron chi connectivity index (χ1n) is 11.7. The van der Waals surface area contributed by atoms with Crippen molar-refractivity contribution in [1.29, 1.82) is 0 Å². The average molecular weight is 401 g/mol.